The van der Waals surface area contributed by atoms with Gasteiger partial charge in [0.1, 0.15) is 5.69 Å². The Kier molecular flexibility index (Phi) is 4.41. The SMILES string of the molecule is C1=CC2CC1CC2C=Nn1c(-c2ccco2)csc1=NC1CCCCC1. The van der Waals surface area contributed by atoms with E-state index in [2.05, 4.69) is 23.7 Å². The first-order valence-corrected chi connectivity index (χ1v) is 10.8. The molecule has 2 aromatic heterocycles. The molecular formula is C21H25N3OS. The molecule has 3 aliphatic carbocycles. The van der Waals surface area contributed by atoms with Gasteiger partial charge in [-0.2, -0.15) is 5.10 Å². The van der Waals surface area contributed by atoms with Gasteiger partial charge in [0.2, 0.25) is 4.80 Å². The van der Waals surface area contributed by atoms with E-state index in [0.717, 1.165) is 22.2 Å². The average molecular weight is 368 g/mol. The monoisotopic (exact) mass is 367 g/mol. The summed E-state index contributed by atoms with van der Waals surface area (Å²) in [6, 6.07) is 4.37. The first-order chi connectivity index (χ1) is 12.9. The van der Waals surface area contributed by atoms with Gasteiger partial charge < -0.3 is 4.42 Å². The first kappa shape index (κ1) is 16.3. The highest BCUT2D eigenvalue weighted by Crippen LogP contribution is 2.42. The van der Waals surface area contributed by atoms with E-state index in [9.17, 15) is 0 Å². The Labute approximate surface area is 158 Å². The molecule has 0 aromatic carbocycles. The molecule has 0 spiro atoms. The lowest BCUT2D eigenvalue weighted by molar-refractivity contribution is 0.435. The zero-order chi connectivity index (χ0) is 17.3. The van der Waals surface area contributed by atoms with Crippen molar-refractivity contribution in [2.24, 2.45) is 27.8 Å². The third kappa shape index (κ3) is 3.13. The van der Waals surface area contributed by atoms with Crippen LogP contribution >= 0.6 is 11.3 Å². The number of nitrogens with zero attached hydrogens (tertiary/aromatic N) is 3. The normalized spacial score (nSPS) is 29.4. The molecule has 0 radical (unpaired) electrons. The fourth-order valence-electron chi connectivity index (χ4n) is 4.61. The van der Waals surface area contributed by atoms with E-state index in [1.165, 1.54) is 44.9 Å². The van der Waals surface area contributed by atoms with E-state index < -0.39 is 0 Å². The number of thiazole rings is 1. The summed E-state index contributed by atoms with van der Waals surface area (Å²) < 4.78 is 7.65. The molecule has 5 rings (SSSR count). The molecule has 3 unspecified atom stereocenters. The van der Waals surface area contributed by atoms with E-state index >= 15 is 0 Å². The predicted molar refractivity (Wildman–Crippen MR) is 105 cm³/mol. The summed E-state index contributed by atoms with van der Waals surface area (Å²) in [5.74, 6) is 2.86. The number of hydrogen-bond donors (Lipinski definition) is 0. The van der Waals surface area contributed by atoms with Crippen LogP contribution in [0.3, 0.4) is 0 Å². The number of fused-ring (bicyclic) bond motifs is 2. The smallest absolute Gasteiger partial charge is 0.206 e. The lowest BCUT2D eigenvalue weighted by Crippen LogP contribution is -2.19. The van der Waals surface area contributed by atoms with Crippen LogP contribution < -0.4 is 4.80 Å². The van der Waals surface area contributed by atoms with Crippen LogP contribution in [0.2, 0.25) is 0 Å². The van der Waals surface area contributed by atoms with E-state index in [4.69, 9.17) is 14.5 Å². The summed E-state index contributed by atoms with van der Waals surface area (Å²) in [5, 5.41) is 7.03. The average Bonchev–Trinajstić information content (AvgIpc) is 3.45. The highest BCUT2D eigenvalue weighted by atomic mass is 32.1. The minimum absolute atomic E-state index is 0.443. The van der Waals surface area contributed by atoms with Crippen LogP contribution in [-0.4, -0.2) is 16.9 Å². The van der Waals surface area contributed by atoms with Gasteiger partial charge in [0.25, 0.3) is 0 Å². The summed E-state index contributed by atoms with van der Waals surface area (Å²) in [5.41, 5.74) is 1.00. The maximum atomic E-state index is 5.64. The molecular weight excluding hydrogens is 342 g/mol. The third-order valence-electron chi connectivity index (χ3n) is 6.03. The molecule has 2 fully saturated rings. The van der Waals surface area contributed by atoms with Crippen LogP contribution in [0.1, 0.15) is 44.9 Å². The number of hydrogen-bond acceptors (Lipinski definition) is 4. The summed E-state index contributed by atoms with van der Waals surface area (Å²) in [4.78, 5) is 6.05. The Morgan fingerprint density at radius 3 is 2.81 bits per heavy atom. The second kappa shape index (κ2) is 7.03. The molecule has 2 saturated carbocycles. The van der Waals surface area contributed by atoms with Crippen molar-refractivity contribution in [3.63, 3.8) is 0 Å². The molecule has 136 valence electrons. The highest BCUT2D eigenvalue weighted by Gasteiger charge is 2.34. The fraction of sp³-hybridized carbons (Fsp3) is 0.524. The number of aromatic nitrogens is 1. The van der Waals surface area contributed by atoms with Crippen LogP contribution in [0.15, 0.2) is 50.4 Å². The van der Waals surface area contributed by atoms with Crippen molar-refractivity contribution in [1.29, 1.82) is 0 Å². The number of rotatable bonds is 4. The van der Waals surface area contributed by atoms with Crippen LogP contribution in [-0.2, 0) is 0 Å². The maximum absolute atomic E-state index is 5.64. The van der Waals surface area contributed by atoms with Crippen molar-refractivity contribution < 1.29 is 4.42 Å². The summed E-state index contributed by atoms with van der Waals surface area (Å²) in [6.07, 6.45) is 17.5. The fourth-order valence-corrected chi connectivity index (χ4v) is 5.50. The molecule has 2 bridgehead atoms. The van der Waals surface area contributed by atoms with E-state index in [-0.39, 0.29) is 0 Å². The molecule has 2 heterocycles. The lowest BCUT2D eigenvalue weighted by atomic mass is 9.95. The van der Waals surface area contributed by atoms with Gasteiger partial charge in [0.15, 0.2) is 5.76 Å². The molecule has 26 heavy (non-hydrogen) atoms. The van der Waals surface area contributed by atoms with Crippen molar-refractivity contribution in [2.45, 2.75) is 51.0 Å². The molecule has 3 atom stereocenters. The van der Waals surface area contributed by atoms with Gasteiger partial charge >= 0.3 is 0 Å². The van der Waals surface area contributed by atoms with Gasteiger partial charge in [-0.25, -0.2) is 4.68 Å². The van der Waals surface area contributed by atoms with E-state index in [0.29, 0.717) is 17.9 Å². The molecule has 0 saturated heterocycles. The van der Waals surface area contributed by atoms with Gasteiger partial charge in [-0.15, -0.1) is 11.3 Å². The van der Waals surface area contributed by atoms with Gasteiger partial charge in [-0.3, -0.25) is 4.99 Å². The zero-order valence-corrected chi connectivity index (χ0v) is 15.8. The third-order valence-corrected chi connectivity index (χ3v) is 6.86. The maximum Gasteiger partial charge on any atom is 0.206 e. The zero-order valence-electron chi connectivity index (χ0n) is 15.0. The van der Waals surface area contributed by atoms with Gasteiger partial charge in [-0.1, -0.05) is 31.4 Å². The summed E-state index contributed by atoms with van der Waals surface area (Å²) in [6.45, 7) is 0. The molecule has 0 N–H and O–H groups in total. The standard InChI is InChI=1S/C21H25N3OS/c1-2-5-18(6-3-1)23-21-24(19(14-26-21)20-7-4-10-25-20)22-13-17-12-15-8-9-16(17)11-15/h4,7-10,13-18H,1-3,5-6,11-12H2. The Balaban J connectivity index is 1.49. The van der Waals surface area contributed by atoms with Crippen molar-refractivity contribution in [3.05, 3.63) is 40.7 Å². The van der Waals surface area contributed by atoms with Crippen LogP contribution in [0.4, 0.5) is 0 Å². The second-order valence-electron chi connectivity index (χ2n) is 7.82. The van der Waals surface area contributed by atoms with Crippen molar-refractivity contribution >= 4 is 17.6 Å². The van der Waals surface area contributed by atoms with Crippen molar-refractivity contribution in [3.8, 4) is 11.5 Å². The molecule has 3 aliphatic rings. The topological polar surface area (TPSA) is 42.8 Å². The largest absolute Gasteiger partial charge is 0.463 e. The second-order valence-corrected chi connectivity index (χ2v) is 8.66. The van der Waals surface area contributed by atoms with E-state index in [1.807, 2.05) is 16.8 Å². The van der Waals surface area contributed by atoms with Crippen molar-refractivity contribution in [1.82, 2.24) is 4.68 Å². The molecule has 5 heteroatoms. The van der Waals surface area contributed by atoms with Crippen molar-refractivity contribution in [2.75, 3.05) is 0 Å². The summed E-state index contributed by atoms with van der Waals surface area (Å²) >= 11 is 1.67. The molecule has 0 amide bonds. The van der Waals surface area contributed by atoms with Crippen LogP contribution in [0.25, 0.3) is 11.5 Å². The van der Waals surface area contributed by atoms with Gasteiger partial charge in [0, 0.05) is 17.5 Å². The van der Waals surface area contributed by atoms with Crippen LogP contribution in [0, 0.1) is 17.8 Å². The van der Waals surface area contributed by atoms with Gasteiger partial charge in [0.05, 0.1) is 12.3 Å². The quantitative estimate of drug-likeness (QED) is 0.548. The van der Waals surface area contributed by atoms with Gasteiger partial charge in [-0.05, 0) is 49.7 Å². The minimum atomic E-state index is 0.443. The summed E-state index contributed by atoms with van der Waals surface area (Å²) in [7, 11) is 0. The molecule has 0 aliphatic heterocycles. The molecule has 2 aromatic rings. The first-order valence-electron chi connectivity index (χ1n) is 9.88. The number of furan rings is 1. The lowest BCUT2D eigenvalue weighted by Gasteiger charge is -2.17. The Morgan fingerprint density at radius 2 is 2.08 bits per heavy atom. The number of allylic oxidation sites excluding steroid dienone is 2. The Morgan fingerprint density at radius 1 is 1.15 bits per heavy atom. The highest BCUT2D eigenvalue weighted by molar-refractivity contribution is 7.07. The Hall–Kier alpha value is -1.88. The van der Waals surface area contributed by atoms with E-state index in [1.54, 1.807) is 17.6 Å². The minimum Gasteiger partial charge on any atom is -0.463 e. The predicted octanol–water partition coefficient (Wildman–Crippen LogP) is 5.09. The molecule has 4 nitrogen and oxygen atoms in total. The van der Waals surface area contributed by atoms with Crippen LogP contribution in [0.5, 0.6) is 0 Å². The Bertz CT molecular complexity index is 867.